The summed E-state index contributed by atoms with van der Waals surface area (Å²) < 4.78 is 5.28. The van der Waals surface area contributed by atoms with Crippen molar-refractivity contribution in [2.75, 3.05) is 24.6 Å². The molecule has 0 atom stereocenters. The minimum absolute atomic E-state index is 0.0656. The summed E-state index contributed by atoms with van der Waals surface area (Å²) in [5.41, 5.74) is 2.73. The van der Waals surface area contributed by atoms with Crippen molar-refractivity contribution >= 4 is 28.8 Å². The molecule has 0 radical (unpaired) electrons. The van der Waals surface area contributed by atoms with Crippen molar-refractivity contribution in [3.8, 4) is 0 Å². The summed E-state index contributed by atoms with van der Waals surface area (Å²) in [6, 6.07) is 1.90. The Labute approximate surface area is 128 Å². The lowest BCUT2D eigenvalue weighted by Gasteiger charge is -2.26. The zero-order valence-electron chi connectivity index (χ0n) is 12.5. The number of hydrogen-bond donors (Lipinski definition) is 0. The van der Waals surface area contributed by atoms with Gasteiger partial charge in [-0.25, -0.2) is 4.98 Å². The summed E-state index contributed by atoms with van der Waals surface area (Å²) in [5, 5.41) is 4.72. The highest BCUT2D eigenvalue weighted by molar-refractivity contribution is 7.99. The lowest BCUT2D eigenvalue weighted by Crippen LogP contribution is -2.38. The second-order valence-corrected chi connectivity index (χ2v) is 6.83. The lowest BCUT2D eigenvalue weighted by molar-refractivity contribution is 0.0774. The largest absolute Gasteiger partial charge is 0.337 e. The molecule has 21 heavy (non-hydrogen) atoms. The van der Waals surface area contributed by atoms with Gasteiger partial charge in [-0.2, -0.15) is 11.8 Å². The Balaban J connectivity index is 2.10. The zero-order chi connectivity index (χ0) is 15.0. The average molecular weight is 305 g/mol. The number of carbonyl (C=O) groups is 1. The average Bonchev–Trinajstić information content (AvgIpc) is 2.88. The van der Waals surface area contributed by atoms with Crippen molar-refractivity contribution in [2.24, 2.45) is 0 Å². The van der Waals surface area contributed by atoms with Crippen LogP contribution in [0, 0.1) is 6.92 Å². The summed E-state index contributed by atoms with van der Waals surface area (Å²) in [5.74, 6) is 2.30. The molecule has 0 unspecified atom stereocenters. The molecule has 0 N–H and O–H groups in total. The Morgan fingerprint density at radius 3 is 2.76 bits per heavy atom. The third kappa shape index (κ3) is 2.64. The van der Waals surface area contributed by atoms with Gasteiger partial charge in [0.15, 0.2) is 0 Å². The van der Waals surface area contributed by atoms with E-state index in [0.29, 0.717) is 11.3 Å². The summed E-state index contributed by atoms with van der Waals surface area (Å²) >= 11 is 1.89. The topological polar surface area (TPSA) is 59.2 Å². The summed E-state index contributed by atoms with van der Waals surface area (Å²) in [4.78, 5) is 19.3. The molecule has 0 aliphatic carbocycles. The van der Waals surface area contributed by atoms with Gasteiger partial charge in [0.2, 0.25) is 0 Å². The highest BCUT2D eigenvalue weighted by Gasteiger charge is 2.24. The van der Waals surface area contributed by atoms with Crippen LogP contribution in [0.1, 0.15) is 41.5 Å². The standard InChI is InChI=1S/C15H19N3O2S/c1-9(2)12-8-11(13-10(3)17-20-14(13)16-12)15(19)18-4-6-21-7-5-18/h8-9H,4-7H2,1-3H3. The molecule has 1 aliphatic rings. The smallest absolute Gasteiger partial charge is 0.259 e. The summed E-state index contributed by atoms with van der Waals surface area (Å²) in [6.45, 7) is 7.57. The molecule has 1 fully saturated rings. The lowest BCUT2D eigenvalue weighted by atomic mass is 10.0. The molecule has 2 aromatic rings. The first-order valence-electron chi connectivity index (χ1n) is 7.22. The van der Waals surface area contributed by atoms with E-state index in [1.807, 2.05) is 29.7 Å². The molecule has 6 heteroatoms. The van der Waals surface area contributed by atoms with E-state index in [1.54, 1.807) is 0 Å². The molecule has 2 aromatic heterocycles. The predicted molar refractivity (Wildman–Crippen MR) is 83.9 cm³/mol. The molecule has 112 valence electrons. The van der Waals surface area contributed by atoms with Crippen LogP contribution in [0.4, 0.5) is 0 Å². The summed E-state index contributed by atoms with van der Waals surface area (Å²) in [6.07, 6.45) is 0. The number of aromatic nitrogens is 2. The number of hydrogen-bond acceptors (Lipinski definition) is 5. The van der Waals surface area contributed by atoms with E-state index in [-0.39, 0.29) is 11.8 Å². The number of rotatable bonds is 2. The number of carbonyl (C=O) groups excluding carboxylic acids is 1. The maximum Gasteiger partial charge on any atom is 0.259 e. The van der Waals surface area contributed by atoms with Crippen LogP contribution < -0.4 is 0 Å². The van der Waals surface area contributed by atoms with Crippen LogP contribution in [0.25, 0.3) is 11.1 Å². The fourth-order valence-electron chi connectivity index (χ4n) is 2.51. The van der Waals surface area contributed by atoms with Crippen LogP contribution in [0.15, 0.2) is 10.6 Å². The van der Waals surface area contributed by atoms with Gasteiger partial charge >= 0.3 is 0 Å². The first kappa shape index (κ1) is 14.4. The third-order valence-electron chi connectivity index (χ3n) is 3.76. The van der Waals surface area contributed by atoms with Crippen molar-refractivity contribution in [3.63, 3.8) is 0 Å². The monoisotopic (exact) mass is 305 g/mol. The van der Waals surface area contributed by atoms with Gasteiger partial charge in [0.25, 0.3) is 11.6 Å². The molecule has 1 aliphatic heterocycles. The van der Waals surface area contributed by atoms with Crippen molar-refractivity contribution in [3.05, 3.63) is 23.0 Å². The van der Waals surface area contributed by atoms with Crippen LogP contribution >= 0.6 is 11.8 Å². The molecule has 0 bridgehead atoms. The van der Waals surface area contributed by atoms with Gasteiger partial charge in [0, 0.05) is 30.3 Å². The van der Waals surface area contributed by atoms with E-state index in [4.69, 9.17) is 4.52 Å². The Hall–Kier alpha value is -1.56. The Kier molecular flexibility index (Phi) is 3.89. The van der Waals surface area contributed by atoms with Crippen LogP contribution in [-0.4, -0.2) is 45.5 Å². The highest BCUT2D eigenvalue weighted by atomic mass is 32.2. The van der Waals surface area contributed by atoms with E-state index in [1.165, 1.54) is 0 Å². The molecule has 3 heterocycles. The minimum Gasteiger partial charge on any atom is -0.337 e. The molecular weight excluding hydrogens is 286 g/mol. The van der Waals surface area contributed by atoms with Gasteiger partial charge in [0.1, 0.15) is 0 Å². The second-order valence-electron chi connectivity index (χ2n) is 5.60. The minimum atomic E-state index is 0.0656. The zero-order valence-corrected chi connectivity index (χ0v) is 13.4. The van der Waals surface area contributed by atoms with E-state index in [9.17, 15) is 4.79 Å². The fourth-order valence-corrected chi connectivity index (χ4v) is 3.42. The van der Waals surface area contributed by atoms with E-state index < -0.39 is 0 Å². The van der Waals surface area contributed by atoms with Crippen molar-refractivity contribution in [2.45, 2.75) is 26.7 Å². The van der Waals surface area contributed by atoms with E-state index in [0.717, 1.165) is 41.4 Å². The number of nitrogens with zero attached hydrogens (tertiary/aromatic N) is 3. The van der Waals surface area contributed by atoms with Gasteiger partial charge < -0.3 is 9.42 Å². The highest BCUT2D eigenvalue weighted by Crippen LogP contribution is 2.26. The first-order chi connectivity index (χ1) is 10.1. The Morgan fingerprint density at radius 1 is 1.38 bits per heavy atom. The number of aryl methyl sites for hydroxylation is 1. The Bertz CT molecular complexity index is 675. The third-order valence-corrected chi connectivity index (χ3v) is 4.70. The number of amides is 1. The van der Waals surface area contributed by atoms with E-state index in [2.05, 4.69) is 24.0 Å². The summed E-state index contributed by atoms with van der Waals surface area (Å²) in [7, 11) is 0. The van der Waals surface area contributed by atoms with Gasteiger partial charge in [-0.15, -0.1) is 0 Å². The molecule has 0 saturated carbocycles. The molecule has 1 saturated heterocycles. The molecule has 3 rings (SSSR count). The van der Waals surface area contributed by atoms with E-state index >= 15 is 0 Å². The molecule has 0 spiro atoms. The molecular formula is C15H19N3O2S. The number of fused-ring (bicyclic) bond motifs is 1. The maximum atomic E-state index is 12.9. The van der Waals surface area contributed by atoms with Gasteiger partial charge in [-0.3, -0.25) is 4.79 Å². The normalized spacial score (nSPS) is 15.9. The first-order valence-corrected chi connectivity index (χ1v) is 8.37. The predicted octanol–water partition coefficient (Wildman–Crippen LogP) is 2.84. The maximum absolute atomic E-state index is 12.9. The molecule has 0 aromatic carbocycles. The van der Waals surface area contributed by atoms with Gasteiger partial charge in [-0.1, -0.05) is 19.0 Å². The van der Waals surface area contributed by atoms with Gasteiger partial charge in [-0.05, 0) is 18.9 Å². The van der Waals surface area contributed by atoms with Gasteiger partial charge in [0.05, 0.1) is 16.6 Å². The number of thioether (sulfide) groups is 1. The van der Waals surface area contributed by atoms with Crippen LogP contribution in [-0.2, 0) is 0 Å². The molecule has 1 amide bonds. The Morgan fingerprint density at radius 2 is 2.10 bits per heavy atom. The second kappa shape index (κ2) is 5.67. The number of pyridine rings is 1. The van der Waals surface area contributed by atoms with Crippen molar-refractivity contribution in [1.29, 1.82) is 0 Å². The van der Waals surface area contributed by atoms with Crippen LogP contribution in [0.2, 0.25) is 0 Å². The quantitative estimate of drug-likeness (QED) is 0.854. The van der Waals surface area contributed by atoms with Crippen LogP contribution in [0.5, 0.6) is 0 Å². The SMILES string of the molecule is Cc1noc2nc(C(C)C)cc(C(=O)N3CCSCC3)c12. The fraction of sp³-hybridized carbons (Fsp3) is 0.533. The van der Waals surface area contributed by atoms with Crippen molar-refractivity contribution < 1.29 is 9.32 Å². The molecule has 5 nitrogen and oxygen atoms in total. The van der Waals surface area contributed by atoms with Crippen molar-refractivity contribution in [1.82, 2.24) is 15.0 Å². The van der Waals surface area contributed by atoms with Crippen LogP contribution in [0.3, 0.4) is 0 Å².